The highest BCUT2D eigenvalue weighted by atomic mass is 32.2. The zero-order valence-electron chi connectivity index (χ0n) is 10.8. The van der Waals surface area contributed by atoms with Gasteiger partial charge in [-0.1, -0.05) is 6.07 Å². The van der Waals surface area contributed by atoms with E-state index in [0.29, 0.717) is 5.75 Å². The van der Waals surface area contributed by atoms with Gasteiger partial charge in [0.2, 0.25) is 5.91 Å². The highest BCUT2D eigenvalue weighted by Gasteiger charge is 2.04. The number of hydrogen-bond donors (Lipinski definition) is 2. The fraction of sp³-hybridized carbons (Fsp3) is 0.462. The lowest BCUT2D eigenvalue weighted by atomic mass is 10.3. The molecule has 0 radical (unpaired) electrons. The summed E-state index contributed by atoms with van der Waals surface area (Å²) in [5.41, 5.74) is 6.39. The third kappa shape index (κ3) is 5.93. The monoisotopic (exact) mass is 268 g/mol. The molecule has 1 unspecified atom stereocenters. The van der Waals surface area contributed by atoms with Crippen LogP contribution in [0, 0.1) is 0 Å². The minimum absolute atomic E-state index is 0.00192. The second-order valence-corrected chi connectivity index (χ2v) is 5.20. The van der Waals surface area contributed by atoms with Crippen LogP contribution in [0.2, 0.25) is 0 Å². The largest absolute Gasteiger partial charge is 0.497 e. The second-order valence-electron chi connectivity index (χ2n) is 4.10. The van der Waals surface area contributed by atoms with Gasteiger partial charge in [0.15, 0.2) is 0 Å². The van der Waals surface area contributed by atoms with Crippen molar-refractivity contribution in [1.29, 1.82) is 0 Å². The number of thioether (sulfide) groups is 1. The number of rotatable bonds is 7. The Kier molecular flexibility index (Phi) is 6.60. The van der Waals surface area contributed by atoms with Crippen molar-refractivity contribution in [2.75, 3.05) is 23.9 Å². The molecule has 0 heterocycles. The summed E-state index contributed by atoms with van der Waals surface area (Å²) in [6, 6.07) is 7.52. The summed E-state index contributed by atoms with van der Waals surface area (Å²) in [7, 11) is 1.60. The molecule has 0 fully saturated rings. The van der Waals surface area contributed by atoms with Crippen LogP contribution in [0.5, 0.6) is 5.75 Å². The molecule has 5 heteroatoms. The van der Waals surface area contributed by atoms with Crippen LogP contribution in [-0.4, -0.2) is 30.6 Å². The van der Waals surface area contributed by atoms with Gasteiger partial charge in [-0.2, -0.15) is 11.8 Å². The van der Waals surface area contributed by atoms with Crippen LogP contribution in [0.15, 0.2) is 24.3 Å². The van der Waals surface area contributed by atoms with Crippen LogP contribution < -0.4 is 15.8 Å². The van der Waals surface area contributed by atoms with Gasteiger partial charge in [-0.3, -0.25) is 4.79 Å². The Labute approximate surface area is 112 Å². The number of carbonyl (C=O) groups is 1. The van der Waals surface area contributed by atoms with Gasteiger partial charge in [-0.05, 0) is 31.2 Å². The van der Waals surface area contributed by atoms with Crippen molar-refractivity contribution < 1.29 is 9.53 Å². The molecule has 1 aromatic carbocycles. The number of anilines is 1. The normalized spacial score (nSPS) is 11.9. The Morgan fingerprint density at radius 1 is 1.56 bits per heavy atom. The number of nitrogens with two attached hydrogens (primary N) is 1. The molecule has 1 rings (SSSR count). The molecule has 0 spiro atoms. The molecular weight excluding hydrogens is 248 g/mol. The van der Waals surface area contributed by atoms with Gasteiger partial charge in [0.25, 0.3) is 0 Å². The van der Waals surface area contributed by atoms with E-state index in [9.17, 15) is 4.79 Å². The minimum atomic E-state index is -0.00192. The van der Waals surface area contributed by atoms with Crippen molar-refractivity contribution >= 4 is 23.4 Å². The summed E-state index contributed by atoms with van der Waals surface area (Å²) in [6.45, 7) is 1.97. The van der Waals surface area contributed by atoms with Gasteiger partial charge in [0.05, 0.1) is 12.9 Å². The lowest BCUT2D eigenvalue weighted by Gasteiger charge is -2.07. The molecule has 0 aliphatic rings. The van der Waals surface area contributed by atoms with Crippen molar-refractivity contribution in [3.63, 3.8) is 0 Å². The van der Waals surface area contributed by atoms with Crippen molar-refractivity contribution in [3.8, 4) is 5.75 Å². The van der Waals surface area contributed by atoms with E-state index in [4.69, 9.17) is 10.5 Å². The predicted octanol–water partition coefficient (Wildman–Crippen LogP) is 2.10. The summed E-state index contributed by atoms with van der Waals surface area (Å²) in [5.74, 6) is 2.09. The molecule has 0 aliphatic carbocycles. The van der Waals surface area contributed by atoms with Gasteiger partial charge in [-0.15, -0.1) is 0 Å². The maximum Gasteiger partial charge on any atom is 0.234 e. The van der Waals surface area contributed by atoms with Crippen LogP contribution in [-0.2, 0) is 4.79 Å². The Hall–Kier alpha value is -1.20. The van der Waals surface area contributed by atoms with E-state index in [1.807, 2.05) is 25.1 Å². The average molecular weight is 268 g/mol. The molecule has 0 aliphatic heterocycles. The molecule has 0 bridgehead atoms. The van der Waals surface area contributed by atoms with Gasteiger partial charge < -0.3 is 15.8 Å². The molecule has 1 aromatic rings. The Morgan fingerprint density at radius 3 is 3.00 bits per heavy atom. The highest BCUT2D eigenvalue weighted by Crippen LogP contribution is 2.17. The number of benzene rings is 1. The maximum atomic E-state index is 11.7. The van der Waals surface area contributed by atoms with E-state index in [1.54, 1.807) is 24.9 Å². The first kappa shape index (κ1) is 14.9. The second kappa shape index (κ2) is 8.00. The van der Waals surface area contributed by atoms with Crippen LogP contribution in [0.3, 0.4) is 0 Å². The summed E-state index contributed by atoms with van der Waals surface area (Å²) in [6.07, 6.45) is 0.928. The fourth-order valence-electron chi connectivity index (χ4n) is 1.33. The van der Waals surface area contributed by atoms with Crippen molar-refractivity contribution in [2.24, 2.45) is 5.73 Å². The van der Waals surface area contributed by atoms with Crippen LogP contribution in [0.25, 0.3) is 0 Å². The maximum absolute atomic E-state index is 11.7. The quantitative estimate of drug-likeness (QED) is 0.743. The van der Waals surface area contributed by atoms with E-state index < -0.39 is 0 Å². The van der Waals surface area contributed by atoms with Gasteiger partial charge in [0.1, 0.15) is 5.75 Å². The molecule has 18 heavy (non-hydrogen) atoms. The summed E-state index contributed by atoms with van der Waals surface area (Å²) in [4.78, 5) is 11.7. The average Bonchev–Trinajstić information content (AvgIpc) is 2.34. The molecule has 4 nitrogen and oxygen atoms in total. The van der Waals surface area contributed by atoms with Gasteiger partial charge in [0, 0.05) is 17.8 Å². The zero-order valence-corrected chi connectivity index (χ0v) is 11.6. The van der Waals surface area contributed by atoms with E-state index >= 15 is 0 Å². The molecule has 1 atom stereocenters. The van der Waals surface area contributed by atoms with E-state index in [1.165, 1.54) is 0 Å². The van der Waals surface area contributed by atoms with Gasteiger partial charge >= 0.3 is 0 Å². The topological polar surface area (TPSA) is 64.3 Å². The van der Waals surface area contributed by atoms with E-state index in [-0.39, 0.29) is 11.9 Å². The Morgan fingerprint density at radius 2 is 2.33 bits per heavy atom. The fourth-order valence-corrected chi connectivity index (χ4v) is 2.27. The summed E-state index contributed by atoms with van der Waals surface area (Å²) >= 11 is 1.60. The summed E-state index contributed by atoms with van der Waals surface area (Å²) in [5, 5.41) is 2.83. The number of hydrogen-bond acceptors (Lipinski definition) is 4. The lowest BCUT2D eigenvalue weighted by Crippen LogP contribution is -2.17. The van der Waals surface area contributed by atoms with Crippen molar-refractivity contribution in [2.45, 2.75) is 19.4 Å². The molecule has 0 saturated carbocycles. The number of ether oxygens (including phenoxy) is 1. The van der Waals surface area contributed by atoms with Crippen LogP contribution >= 0.6 is 11.8 Å². The third-order valence-electron chi connectivity index (χ3n) is 2.30. The molecule has 3 N–H and O–H groups in total. The number of nitrogens with one attached hydrogen (secondary N) is 1. The van der Waals surface area contributed by atoms with Crippen LogP contribution in [0.1, 0.15) is 13.3 Å². The van der Waals surface area contributed by atoms with E-state index in [2.05, 4.69) is 5.32 Å². The molecular formula is C13H20N2O2S. The number of amides is 1. The first-order valence-electron chi connectivity index (χ1n) is 5.89. The molecule has 0 saturated heterocycles. The van der Waals surface area contributed by atoms with Gasteiger partial charge in [-0.25, -0.2) is 0 Å². The number of carbonyl (C=O) groups excluding carboxylic acids is 1. The van der Waals surface area contributed by atoms with Crippen LogP contribution in [0.4, 0.5) is 5.69 Å². The smallest absolute Gasteiger partial charge is 0.234 e. The first-order chi connectivity index (χ1) is 8.61. The molecule has 100 valence electrons. The molecule has 1 amide bonds. The standard InChI is InChI=1S/C13H20N2O2S/c1-10(14)6-7-18-9-13(16)15-11-4-3-5-12(8-11)17-2/h3-5,8,10H,6-7,9,14H2,1-2H3,(H,15,16). The van der Waals surface area contributed by atoms with E-state index in [0.717, 1.165) is 23.6 Å². The Bertz CT molecular complexity index is 383. The Balaban J connectivity index is 2.30. The lowest BCUT2D eigenvalue weighted by molar-refractivity contribution is -0.113. The van der Waals surface area contributed by atoms with Crippen molar-refractivity contribution in [3.05, 3.63) is 24.3 Å². The number of methoxy groups -OCH3 is 1. The molecule has 0 aromatic heterocycles. The third-order valence-corrected chi connectivity index (χ3v) is 3.29. The SMILES string of the molecule is COc1cccc(NC(=O)CSCCC(C)N)c1. The summed E-state index contributed by atoms with van der Waals surface area (Å²) < 4.78 is 5.09. The van der Waals surface area contributed by atoms with Crippen molar-refractivity contribution in [1.82, 2.24) is 0 Å². The zero-order chi connectivity index (χ0) is 13.4. The predicted molar refractivity (Wildman–Crippen MR) is 77.2 cm³/mol. The first-order valence-corrected chi connectivity index (χ1v) is 7.04. The highest BCUT2D eigenvalue weighted by molar-refractivity contribution is 7.99. The minimum Gasteiger partial charge on any atom is -0.497 e.